The standard InChI is InChI=1S/C22H34O5/c1-12(2)15-7-8-20(5,26-14(4)23)18-16-11-13(3)22(24)10-9-21(6,27-22)19(25-16)17(15)18/h12,15-19,24H,3,7-11H2,1-2,4-6H3. The van der Waals surface area contributed by atoms with Crippen molar-refractivity contribution in [1.82, 2.24) is 0 Å². The van der Waals surface area contributed by atoms with Crippen LogP contribution < -0.4 is 0 Å². The van der Waals surface area contributed by atoms with E-state index in [1.807, 2.05) is 0 Å². The smallest absolute Gasteiger partial charge is 0.303 e. The van der Waals surface area contributed by atoms with Crippen molar-refractivity contribution in [3.05, 3.63) is 12.2 Å². The van der Waals surface area contributed by atoms with Gasteiger partial charge >= 0.3 is 5.97 Å². The van der Waals surface area contributed by atoms with Crippen molar-refractivity contribution in [3.63, 3.8) is 0 Å². The van der Waals surface area contributed by atoms with E-state index in [9.17, 15) is 9.90 Å². The highest BCUT2D eigenvalue weighted by Crippen LogP contribution is 2.61. The van der Waals surface area contributed by atoms with Crippen LogP contribution in [0.15, 0.2) is 12.2 Å². The third-order valence-corrected chi connectivity index (χ3v) is 7.86. The molecule has 0 aromatic carbocycles. The molecule has 4 fully saturated rings. The maximum absolute atomic E-state index is 11.9. The van der Waals surface area contributed by atoms with Gasteiger partial charge in [0.2, 0.25) is 0 Å². The number of esters is 1. The molecule has 27 heavy (non-hydrogen) atoms. The molecule has 0 aromatic heterocycles. The molecule has 3 saturated heterocycles. The number of carbonyl (C=O) groups is 1. The van der Waals surface area contributed by atoms with Gasteiger partial charge in [-0.15, -0.1) is 0 Å². The number of ether oxygens (including phenoxy) is 3. The molecule has 0 amide bonds. The molecule has 0 aromatic rings. The van der Waals surface area contributed by atoms with E-state index in [0.29, 0.717) is 30.3 Å². The van der Waals surface area contributed by atoms with E-state index in [-0.39, 0.29) is 30.0 Å². The fourth-order valence-electron chi connectivity index (χ4n) is 6.61. The Bertz CT molecular complexity index is 659. The lowest BCUT2D eigenvalue weighted by atomic mass is 9.58. The van der Waals surface area contributed by atoms with Gasteiger partial charge in [-0.2, -0.15) is 0 Å². The summed E-state index contributed by atoms with van der Waals surface area (Å²) in [5, 5.41) is 11.0. The zero-order chi connectivity index (χ0) is 19.8. The van der Waals surface area contributed by atoms with Crippen molar-refractivity contribution >= 4 is 5.97 Å². The minimum Gasteiger partial charge on any atom is -0.459 e. The molecule has 3 aliphatic heterocycles. The molecule has 5 nitrogen and oxygen atoms in total. The first kappa shape index (κ1) is 19.4. The monoisotopic (exact) mass is 378 g/mol. The maximum atomic E-state index is 11.9. The summed E-state index contributed by atoms with van der Waals surface area (Å²) in [4.78, 5) is 11.9. The van der Waals surface area contributed by atoms with Crippen LogP contribution in [0.4, 0.5) is 0 Å². The predicted octanol–water partition coefficient (Wildman–Crippen LogP) is 3.59. The van der Waals surface area contributed by atoms with Crippen LogP contribution in [-0.2, 0) is 19.0 Å². The van der Waals surface area contributed by atoms with E-state index in [1.165, 1.54) is 6.92 Å². The van der Waals surface area contributed by atoms with Crippen molar-refractivity contribution in [3.8, 4) is 0 Å². The van der Waals surface area contributed by atoms with Crippen LogP contribution in [0, 0.1) is 23.7 Å². The van der Waals surface area contributed by atoms with Crippen LogP contribution in [-0.4, -0.2) is 40.3 Å². The first-order valence-electron chi connectivity index (χ1n) is 10.4. The Morgan fingerprint density at radius 2 is 2.00 bits per heavy atom. The van der Waals surface area contributed by atoms with E-state index in [4.69, 9.17) is 14.2 Å². The van der Waals surface area contributed by atoms with Crippen LogP contribution in [0.3, 0.4) is 0 Å². The SMILES string of the molecule is C=C1CC2OC(C3C(C(C)C)CCC(C)(OC(C)=O)C23)C2(C)CCC1(O)O2. The van der Waals surface area contributed by atoms with Gasteiger partial charge < -0.3 is 19.3 Å². The number of aliphatic hydroxyl groups is 1. The zero-order valence-electron chi connectivity index (χ0n) is 17.3. The molecule has 1 saturated carbocycles. The Morgan fingerprint density at radius 1 is 1.30 bits per heavy atom. The topological polar surface area (TPSA) is 65.0 Å². The van der Waals surface area contributed by atoms with Gasteiger partial charge in [0.25, 0.3) is 0 Å². The molecule has 4 aliphatic rings. The molecule has 1 N–H and O–H groups in total. The Labute approximate surface area is 162 Å². The highest BCUT2D eigenvalue weighted by Gasteiger charge is 2.67. The van der Waals surface area contributed by atoms with Gasteiger partial charge in [0.15, 0.2) is 5.79 Å². The number of hydrogen-bond donors (Lipinski definition) is 1. The second kappa shape index (κ2) is 6.04. The molecule has 8 unspecified atom stereocenters. The summed E-state index contributed by atoms with van der Waals surface area (Å²) in [5.74, 6) is -0.170. The fourth-order valence-corrected chi connectivity index (χ4v) is 6.61. The third-order valence-electron chi connectivity index (χ3n) is 7.86. The predicted molar refractivity (Wildman–Crippen MR) is 101 cm³/mol. The van der Waals surface area contributed by atoms with E-state index < -0.39 is 17.0 Å². The Hall–Kier alpha value is -0.910. The van der Waals surface area contributed by atoms with Gasteiger partial charge in [-0.3, -0.25) is 4.79 Å². The molecule has 4 bridgehead atoms. The van der Waals surface area contributed by atoms with Gasteiger partial charge in [-0.25, -0.2) is 0 Å². The molecular formula is C22H34O5. The molecule has 5 heteroatoms. The van der Waals surface area contributed by atoms with Crippen molar-refractivity contribution in [1.29, 1.82) is 0 Å². The summed E-state index contributed by atoms with van der Waals surface area (Å²) in [6, 6.07) is 0. The van der Waals surface area contributed by atoms with Gasteiger partial charge in [0.1, 0.15) is 5.60 Å². The largest absolute Gasteiger partial charge is 0.459 e. The lowest BCUT2D eigenvalue weighted by Gasteiger charge is -2.49. The summed E-state index contributed by atoms with van der Waals surface area (Å²) >= 11 is 0. The van der Waals surface area contributed by atoms with Crippen LogP contribution in [0.25, 0.3) is 0 Å². The lowest BCUT2D eigenvalue weighted by Crippen LogP contribution is -2.55. The molecule has 4 rings (SSSR count). The second-order valence-electron chi connectivity index (χ2n) is 10.1. The highest BCUT2D eigenvalue weighted by atomic mass is 16.7. The average molecular weight is 379 g/mol. The molecule has 0 spiro atoms. The number of fused-ring (bicyclic) bond motifs is 8. The molecule has 1 aliphatic carbocycles. The van der Waals surface area contributed by atoms with E-state index in [0.717, 1.165) is 19.3 Å². The van der Waals surface area contributed by atoms with E-state index >= 15 is 0 Å². The third kappa shape index (κ3) is 2.80. The Morgan fingerprint density at radius 3 is 2.63 bits per heavy atom. The fraction of sp³-hybridized carbons (Fsp3) is 0.864. The summed E-state index contributed by atoms with van der Waals surface area (Å²) in [6.07, 6.45) is 3.52. The molecular weight excluding hydrogens is 344 g/mol. The maximum Gasteiger partial charge on any atom is 0.303 e. The first-order chi connectivity index (χ1) is 12.5. The van der Waals surface area contributed by atoms with Crippen LogP contribution in [0.2, 0.25) is 0 Å². The Balaban J connectivity index is 1.81. The molecule has 0 radical (unpaired) electrons. The Kier molecular flexibility index (Phi) is 4.34. The minimum atomic E-state index is -1.26. The van der Waals surface area contributed by atoms with Crippen LogP contribution >= 0.6 is 0 Å². The number of carbonyl (C=O) groups excluding carboxylic acids is 1. The van der Waals surface area contributed by atoms with Crippen molar-refractivity contribution in [2.75, 3.05) is 0 Å². The molecule has 3 heterocycles. The van der Waals surface area contributed by atoms with Crippen molar-refractivity contribution < 1.29 is 24.1 Å². The highest BCUT2D eigenvalue weighted by molar-refractivity contribution is 5.66. The average Bonchev–Trinajstić information content (AvgIpc) is 3.08. The summed E-state index contributed by atoms with van der Waals surface area (Å²) in [7, 11) is 0. The summed E-state index contributed by atoms with van der Waals surface area (Å²) < 4.78 is 18.9. The number of hydrogen-bond acceptors (Lipinski definition) is 5. The minimum absolute atomic E-state index is 0.0904. The summed E-state index contributed by atoms with van der Waals surface area (Å²) in [5.41, 5.74) is -0.408. The normalized spacial score (nSPS) is 51.7. The van der Waals surface area contributed by atoms with Gasteiger partial charge in [-0.1, -0.05) is 20.4 Å². The van der Waals surface area contributed by atoms with Gasteiger partial charge in [-0.05, 0) is 56.9 Å². The van der Waals surface area contributed by atoms with E-state index in [2.05, 4.69) is 34.3 Å². The van der Waals surface area contributed by atoms with Crippen molar-refractivity contribution in [2.45, 2.75) is 95.9 Å². The first-order valence-corrected chi connectivity index (χ1v) is 10.4. The molecule has 152 valence electrons. The van der Waals surface area contributed by atoms with E-state index in [1.54, 1.807) is 0 Å². The second-order valence-corrected chi connectivity index (χ2v) is 10.1. The summed E-state index contributed by atoms with van der Waals surface area (Å²) in [6.45, 7) is 14.3. The van der Waals surface area contributed by atoms with Gasteiger partial charge in [0.05, 0.1) is 17.8 Å². The van der Waals surface area contributed by atoms with Crippen molar-refractivity contribution in [2.24, 2.45) is 23.7 Å². The molecule has 8 atom stereocenters. The number of rotatable bonds is 2. The van der Waals surface area contributed by atoms with Crippen LogP contribution in [0.1, 0.15) is 66.7 Å². The van der Waals surface area contributed by atoms with Gasteiger partial charge in [0, 0.05) is 25.2 Å². The lowest BCUT2D eigenvalue weighted by molar-refractivity contribution is -0.241. The quantitative estimate of drug-likeness (QED) is 0.588. The van der Waals surface area contributed by atoms with Crippen LogP contribution in [0.5, 0.6) is 0 Å². The zero-order valence-corrected chi connectivity index (χ0v) is 17.3.